The van der Waals surface area contributed by atoms with Crippen LogP contribution in [0.2, 0.25) is 0 Å². The number of halogens is 2. The Balaban J connectivity index is 2.23. The molecule has 0 aliphatic carbocycles. The predicted molar refractivity (Wildman–Crippen MR) is 81.7 cm³/mol. The molecule has 0 aromatic heterocycles. The summed E-state index contributed by atoms with van der Waals surface area (Å²) in [7, 11) is -3.13. The highest BCUT2D eigenvalue weighted by molar-refractivity contribution is 7.89. The quantitative estimate of drug-likeness (QED) is 0.693. The summed E-state index contributed by atoms with van der Waals surface area (Å²) >= 11 is 0. The van der Waals surface area contributed by atoms with Gasteiger partial charge in [0.1, 0.15) is 22.8 Å². The second-order valence-corrected chi connectivity index (χ2v) is 7.02. The van der Waals surface area contributed by atoms with Gasteiger partial charge in [0.2, 0.25) is 10.0 Å². The number of hydrogen-bond acceptors (Lipinski definition) is 5. The van der Waals surface area contributed by atoms with E-state index in [9.17, 15) is 26.8 Å². The van der Waals surface area contributed by atoms with E-state index in [0.717, 1.165) is 16.4 Å². The lowest BCUT2D eigenvalue weighted by Crippen LogP contribution is -2.53. The Labute approximate surface area is 143 Å². The third kappa shape index (κ3) is 4.30. The highest BCUT2D eigenvalue weighted by Crippen LogP contribution is 2.24. The zero-order valence-electron chi connectivity index (χ0n) is 13.3. The first-order valence-corrected chi connectivity index (χ1v) is 8.79. The molecule has 138 valence electrons. The van der Waals surface area contributed by atoms with Gasteiger partial charge in [0.05, 0.1) is 13.2 Å². The molecule has 1 aromatic rings. The standard InChI is InChI=1S/C14H17F2N3O5S/c1-17-13(20)14(21)18-8-12-19(5-2-6-24-12)25(22,23)11-7-9(15)3-4-10(11)16/h3-4,7,12H,2,5-6,8H2,1H3,(H,17,20)(H,18,21)/t12-/m1/s1. The molecule has 0 radical (unpaired) electrons. The number of likely N-dealkylation sites (N-methyl/N-ethyl adjacent to an activating group) is 1. The monoisotopic (exact) mass is 377 g/mol. The molecule has 2 rings (SSSR count). The van der Waals surface area contributed by atoms with E-state index in [1.54, 1.807) is 0 Å². The van der Waals surface area contributed by atoms with Crippen molar-refractivity contribution in [3.8, 4) is 0 Å². The second kappa shape index (κ2) is 7.85. The Morgan fingerprint density at radius 1 is 1.32 bits per heavy atom. The molecule has 2 N–H and O–H groups in total. The fraction of sp³-hybridized carbons (Fsp3) is 0.429. The van der Waals surface area contributed by atoms with Crippen molar-refractivity contribution in [2.45, 2.75) is 17.5 Å². The molecule has 1 fully saturated rings. The van der Waals surface area contributed by atoms with E-state index < -0.39 is 44.6 Å². The third-order valence-electron chi connectivity index (χ3n) is 3.50. The van der Waals surface area contributed by atoms with Crippen LogP contribution in [0.25, 0.3) is 0 Å². The van der Waals surface area contributed by atoms with E-state index in [1.807, 2.05) is 0 Å². The highest BCUT2D eigenvalue weighted by Gasteiger charge is 2.36. The lowest BCUT2D eigenvalue weighted by atomic mass is 10.3. The predicted octanol–water partition coefficient (Wildman–Crippen LogP) is -0.436. The topological polar surface area (TPSA) is 105 Å². The van der Waals surface area contributed by atoms with Crippen molar-refractivity contribution in [1.82, 2.24) is 14.9 Å². The number of carbonyl (C=O) groups is 2. The van der Waals surface area contributed by atoms with Crippen LogP contribution < -0.4 is 10.6 Å². The van der Waals surface area contributed by atoms with Crippen LogP contribution in [0.5, 0.6) is 0 Å². The zero-order chi connectivity index (χ0) is 18.6. The molecule has 0 spiro atoms. The highest BCUT2D eigenvalue weighted by atomic mass is 32.2. The van der Waals surface area contributed by atoms with Gasteiger partial charge >= 0.3 is 11.8 Å². The number of nitrogens with one attached hydrogen (secondary N) is 2. The van der Waals surface area contributed by atoms with Crippen LogP contribution in [-0.2, 0) is 24.3 Å². The van der Waals surface area contributed by atoms with Crippen LogP contribution in [-0.4, -0.2) is 57.5 Å². The van der Waals surface area contributed by atoms with Crippen LogP contribution in [0.4, 0.5) is 8.78 Å². The summed E-state index contributed by atoms with van der Waals surface area (Å²) < 4.78 is 58.7. The van der Waals surface area contributed by atoms with Crippen LogP contribution >= 0.6 is 0 Å². The van der Waals surface area contributed by atoms with Gasteiger partial charge in [0.15, 0.2) is 0 Å². The third-order valence-corrected chi connectivity index (χ3v) is 5.41. The van der Waals surface area contributed by atoms with Crippen molar-refractivity contribution in [3.05, 3.63) is 29.8 Å². The van der Waals surface area contributed by atoms with Crippen LogP contribution in [0, 0.1) is 11.6 Å². The summed E-state index contributed by atoms with van der Waals surface area (Å²) in [5.41, 5.74) is 0. The number of amides is 2. The lowest BCUT2D eigenvalue weighted by Gasteiger charge is -2.34. The number of rotatable bonds is 4. The normalized spacial score (nSPS) is 18.6. The van der Waals surface area contributed by atoms with Crippen molar-refractivity contribution in [3.63, 3.8) is 0 Å². The number of ether oxygens (including phenoxy) is 1. The Morgan fingerprint density at radius 3 is 2.72 bits per heavy atom. The maximum absolute atomic E-state index is 13.9. The van der Waals surface area contributed by atoms with Crippen LogP contribution in [0.1, 0.15) is 6.42 Å². The van der Waals surface area contributed by atoms with Crippen molar-refractivity contribution in [1.29, 1.82) is 0 Å². The minimum atomic E-state index is -4.40. The fourth-order valence-corrected chi connectivity index (χ4v) is 3.92. The van der Waals surface area contributed by atoms with E-state index in [0.29, 0.717) is 12.5 Å². The first kappa shape index (κ1) is 19.2. The molecule has 1 aromatic carbocycles. The van der Waals surface area contributed by atoms with Gasteiger partial charge in [-0.15, -0.1) is 0 Å². The van der Waals surface area contributed by atoms with E-state index in [4.69, 9.17) is 4.74 Å². The maximum Gasteiger partial charge on any atom is 0.309 e. The van der Waals surface area contributed by atoms with E-state index in [1.165, 1.54) is 7.05 Å². The Morgan fingerprint density at radius 2 is 2.04 bits per heavy atom. The lowest BCUT2D eigenvalue weighted by molar-refractivity contribution is -0.139. The van der Waals surface area contributed by atoms with Crippen molar-refractivity contribution >= 4 is 21.8 Å². The first-order valence-electron chi connectivity index (χ1n) is 7.35. The SMILES string of the molecule is CNC(=O)C(=O)NC[C@H]1OCCCN1S(=O)(=O)c1cc(F)ccc1F. The van der Waals surface area contributed by atoms with Crippen LogP contribution in [0.3, 0.4) is 0 Å². The molecule has 1 aliphatic rings. The summed E-state index contributed by atoms with van der Waals surface area (Å²) in [4.78, 5) is 21.8. The molecule has 8 nitrogen and oxygen atoms in total. The van der Waals surface area contributed by atoms with Gasteiger partial charge in [-0.25, -0.2) is 17.2 Å². The maximum atomic E-state index is 13.9. The molecule has 1 aliphatic heterocycles. The molecule has 1 heterocycles. The van der Waals surface area contributed by atoms with Crippen molar-refractivity contribution in [2.24, 2.45) is 0 Å². The molecule has 2 amide bonds. The molecule has 1 saturated heterocycles. The van der Waals surface area contributed by atoms with E-state index >= 15 is 0 Å². The Hall–Kier alpha value is -2.11. The van der Waals surface area contributed by atoms with Gasteiger partial charge in [-0.1, -0.05) is 0 Å². The zero-order valence-corrected chi connectivity index (χ0v) is 14.1. The molecule has 0 bridgehead atoms. The van der Waals surface area contributed by atoms with Gasteiger partial charge in [-0.2, -0.15) is 4.31 Å². The first-order chi connectivity index (χ1) is 11.8. The molecule has 25 heavy (non-hydrogen) atoms. The summed E-state index contributed by atoms with van der Waals surface area (Å²) in [6, 6.07) is 2.11. The smallest absolute Gasteiger partial charge is 0.309 e. The van der Waals surface area contributed by atoms with Gasteiger partial charge < -0.3 is 15.4 Å². The second-order valence-electron chi connectivity index (χ2n) is 5.16. The number of benzene rings is 1. The number of carbonyl (C=O) groups excluding carboxylic acids is 2. The average Bonchev–Trinajstić information content (AvgIpc) is 2.61. The van der Waals surface area contributed by atoms with Gasteiger partial charge in [0.25, 0.3) is 0 Å². The van der Waals surface area contributed by atoms with Crippen LogP contribution in [0.15, 0.2) is 23.1 Å². The Kier molecular flexibility index (Phi) is 6.03. The number of sulfonamides is 1. The van der Waals surface area contributed by atoms with Gasteiger partial charge in [0, 0.05) is 13.6 Å². The largest absolute Gasteiger partial charge is 0.360 e. The van der Waals surface area contributed by atoms with Gasteiger partial charge in [-0.3, -0.25) is 9.59 Å². The fourth-order valence-electron chi connectivity index (χ4n) is 2.28. The Bertz CT molecular complexity index is 772. The molecular formula is C14H17F2N3O5S. The van der Waals surface area contributed by atoms with E-state index in [2.05, 4.69) is 10.6 Å². The van der Waals surface area contributed by atoms with E-state index in [-0.39, 0.29) is 19.7 Å². The molecular weight excluding hydrogens is 360 g/mol. The number of nitrogens with zero attached hydrogens (tertiary/aromatic N) is 1. The van der Waals surface area contributed by atoms with Crippen molar-refractivity contribution in [2.75, 3.05) is 26.7 Å². The summed E-state index contributed by atoms with van der Waals surface area (Å²) in [6.07, 6.45) is -0.800. The molecule has 0 saturated carbocycles. The molecule has 11 heteroatoms. The molecule has 0 unspecified atom stereocenters. The minimum absolute atomic E-state index is 0.00119. The molecule has 1 atom stereocenters. The summed E-state index contributed by atoms with van der Waals surface area (Å²) in [6.45, 7) is -0.0978. The minimum Gasteiger partial charge on any atom is -0.360 e. The summed E-state index contributed by atoms with van der Waals surface area (Å²) in [5, 5.41) is 4.35. The van der Waals surface area contributed by atoms with Gasteiger partial charge in [-0.05, 0) is 24.6 Å². The summed E-state index contributed by atoms with van der Waals surface area (Å²) in [5.74, 6) is -3.87. The van der Waals surface area contributed by atoms with Crippen molar-refractivity contribution < 1.29 is 31.5 Å². The number of hydrogen-bond donors (Lipinski definition) is 2. The average molecular weight is 377 g/mol.